The molecule has 0 atom stereocenters. The lowest BCUT2D eigenvalue weighted by atomic mass is 9.78. The first kappa shape index (κ1) is 17.6. The van der Waals surface area contributed by atoms with Gasteiger partial charge in [0, 0.05) is 11.1 Å². The molecular weight excluding hydrogens is 292 g/mol. The van der Waals surface area contributed by atoms with E-state index in [4.69, 9.17) is 9.84 Å². The molecule has 1 aromatic rings. The Morgan fingerprint density at radius 2 is 1.74 bits per heavy atom. The molecule has 1 saturated carbocycles. The van der Waals surface area contributed by atoms with Gasteiger partial charge in [0.1, 0.15) is 0 Å². The van der Waals surface area contributed by atoms with E-state index in [1.54, 1.807) is 0 Å². The Hall–Kier alpha value is -1.71. The van der Waals surface area contributed by atoms with Gasteiger partial charge in [-0.15, -0.1) is 0 Å². The maximum absolute atomic E-state index is 11.0. The number of carboxylic acid groups (broad SMARTS) is 1. The average molecular weight is 320 g/mol. The summed E-state index contributed by atoms with van der Waals surface area (Å²) in [5.74, 6) is 0.761. The summed E-state index contributed by atoms with van der Waals surface area (Å²) < 4.78 is 4.94. The predicted octanol–water partition coefficient (Wildman–Crippen LogP) is 5.74. The van der Waals surface area contributed by atoms with Gasteiger partial charge in [0.05, 0.1) is 0 Å². The van der Waals surface area contributed by atoms with Gasteiger partial charge >= 0.3 is 6.16 Å². The van der Waals surface area contributed by atoms with Crippen LogP contribution >= 0.6 is 0 Å². The molecule has 23 heavy (non-hydrogen) atoms. The summed E-state index contributed by atoms with van der Waals surface area (Å²) in [6.45, 7) is 8.04. The largest absolute Gasteiger partial charge is 0.511 e. The molecular formula is C19H28O4. The normalized spacial score (nSPS) is 16.1. The third-order valence-corrected chi connectivity index (χ3v) is 4.79. The van der Waals surface area contributed by atoms with Crippen molar-refractivity contribution in [2.45, 2.75) is 77.6 Å². The van der Waals surface area contributed by atoms with Gasteiger partial charge in [0.15, 0.2) is 11.5 Å². The van der Waals surface area contributed by atoms with Crippen LogP contribution in [0.25, 0.3) is 0 Å². The van der Waals surface area contributed by atoms with Crippen LogP contribution in [0.15, 0.2) is 6.07 Å². The Labute approximate surface area is 138 Å². The Bertz CT molecular complexity index is 569. The van der Waals surface area contributed by atoms with Gasteiger partial charge in [0.2, 0.25) is 0 Å². The lowest BCUT2D eigenvalue weighted by Gasteiger charge is -2.28. The number of phenolic OH excluding ortho intramolecular Hbond substituents is 1. The highest BCUT2D eigenvalue weighted by Gasteiger charge is 2.28. The molecule has 0 unspecified atom stereocenters. The van der Waals surface area contributed by atoms with Crippen LogP contribution in [-0.2, 0) is 0 Å². The smallest absolute Gasteiger partial charge is 0.504 e. The highest BCUT2D eigenvalue weighted by molar-refractivity contribution is 5.67. The van der Waals surface area contributed by atoms with Crippen LogP contribution in [0, 0.1) is 0 Å². The van der Waals surface area contributed by atoms with Gasteiger partial charge < -0.3 is 14.9 Å². The third kappa shape index (κ3) is 3.80. The molecule has 0 aliphatic heterocycles. The van der Waals surface area contributed by atoms with Crippen LogP contribution in [0.1, 0.15) is 94.2 Å². The van der Waals surface area contributed by atoms with E-state index in [1.165, 1.54) is 24.8 Å². The van der Waals surface area contributed by atoms with Crippen molar-refractivity contribution in [1.29, 1.82) is 0 Å². The van der Waals surface area contributed by atoms with Crippen molar-refractivity contribution < 1.29 is 19.7 Å². The predicted molar refractivity (Wildman–Crippen MR) is 90.8 cm³/mol. The molecule has 2 rings (SSSR count). The van der Waals surface area contributed by atoms with E-state index < -0.39 is 6.16 Å². The number of carbonyl (C=O) groups is 1. The molecule has 1 aliphatic carbocycles. The van der Waals surface area contributed by atoms with E-state index in [9.17, 15) is 9.90 Å². The topological polar surface area (TPSA) is 66.8 Å². The number of ether oxygens (including phenoxy) is 1. The summed E-state index contributed by atoms with van der Waals surface area (Å²) >= 11 is 0. The highest BCUT2D eigenvalue weighted by Crippen LogP contribution is 2.47. The van der Waals surface area contributed by atoms with Crippen LogP contribution in [0.4, 0.5) is 4.79 Å². The molecule has 0 radical (unpaired) electrons. The minimum Gasteiger partial charge on any atom is -0.504 e. The van der Waals surface area contributed by atoms with Crippen molar-refractivity contribution in [3.63, 3.8) is 0 Å². The van der Waals surface area contributed by atoms with Gasteiger partial charge in [-0.25, -0.2) is 4.79 Å². The molecule has 0 aromatic heterocycles. The molecule has 0 heterocycles. The summed E-state index contributed by atoms with van der Waals surface area (Å²) in [6, 6.07) is 2.08. The number of benzene rings is 1. The van der Waals surface area contributed by atoms with Gasteiger partial charge in [-0.05, 0) is 36.2 Å². The minimum absolute atomic E-state index is 0.00849. The molecule has 0 amide bonds. The summed E-state index contributed by atoms with van der Waals surface area (Å²) in [5.41, 5.74) is 2.80. The fraction of sp³-hybridized carbons (Fsp3) is 0.632. The summed E-state index contributed by atoms with van der Waals surface area (Å²) in [4.78, 5) is 11.0. The number of rotatable bonds is 4. The van der Waals surface area contributed by atoms with Crippen molar-refractivity contribution >= 4 is 6.16 Å². The first-order valence-corrected chi connectivity index (χ1v) is 8.63. The quantitative estimate of drug-likeness (QED) is 0.548. The molecule has 1 aromatic carbocycles. The zero-order valence-electron chi connectivity index (χ0n) is 14.6. The Morgan fingerprint density at radius 1 is 1.13 bits per heavy atom. The number of aromatic hydroxyl groups is 1. The summed E-state index contributed by atoms with van der Waals surface area (Å²) in [5, 5.41) is 19.8. The molecule has 4 nitrogen and oxygen atoms in total. The standard InChI is InChI=1S/C19H28O4/c1-11(2)14-10-15(13-8-6-5-7-9-13)16(12(3)4)17(20)18(14)23-19(21)22/h10-13,20H,5-9H2,1-4H3,(H,21,22). The van der Waals surface area contributed by atoms with E-state index in [-0.39, 0.29) is 23.3 Å². The molecule has 4 heteroatoms. The van der Waals surface area contributed by atoms with Gasteiger partial charge in [-0.3, -0.25) is 0 Å². The number of hydrogen-bond donors (Lipinski definition) is 2. The molecule has 0 spiro atoms. The van der Waals surface area contributed by atoms with E-state index >= 15 is 0 Å². The second-order valence-corrected chi connectivity index (χ2v) is 7.16. The van der Waals surface area contributed by atoms with Crippen molar-refractivity contribution in [3.8, 4) is 11.5 Å². The van der Waals surface area contributed by atoms with Gasteiger partial charge in [-0.2, -0.15) is 0 Å². The fourth-order valence-electron chi connectivity index (χ4n) is 3.69. The second kappa shape index (κ2) is 7.24. The minimum atomic E-state index is -1.39. The van der Waals surface area contributed by atoms with Crippen molar-refractivity contribution in [1.82, 2.24) is 0 Å². The first-order chi connectivity index (χ1) is 10.8. The maximum atomic E-state index is 11.0. The summed E-state index contributed by atoms with van der Waals surface area (Å²) in [6.07, 6.45) is 4.59. The van der Waals surface area contributed by atoms with E-state index in [0.717, 1.165) is 24.0 Å². The lowest BCUT2D eigenvalue weighted by molar-refractivity contribution is 0.142. The highest BCUT2D eigenvalue weighted by atomic mass is 16.7. The Morgan fingerprint density at radius 3 is 2.22 bits per heavy atom. The zero-order valence-corrected chi connectivity index (χ0v) is 14.6. The number of phenols is 1. The number of hydrogen-bond acceptors (Lipinski definition) is 3. The molecule has 128 valence electrons. The molecule has 0 bridgehead atoms. The lowest BCUT2D eigenvalue weighted by Crippen LogP contribution is -2.13. The fourth-order valence-corrected chi connectivity index (χ4v) is 3.69. The van der Waals surface area contributed by atoms with E-state index in [1.807, 2.05) is 27.7 Å². The summed E-state index contributed by atoms with van der Waals surface area (Å²) in [7, 11) is 0. The van der Waals surface area contributed by atoms with Gasteiger partial charge in [0.25, 0.3) is 0 Å². The monoisotopic (exact) mass is 320 g/mol. The Kier molecular flexibility index (Phi) is 5.55. The first-order valence-electron chi connectivity index (χ1n) is 8.63. The zero-order chi connectivity index (χ0) is 17.1. The SMILES string of the molecule is CC(C)c1cc(C2CCCCC2)c(C(C)C)c(O)c1OC(=O)O. The van der Waals surface area contributed by atoms with Gasteiger partial charge in [-0.1, -0.05) is 53.0 Å². The molecule has 2 N–H and O–H groups in total. The van der Waals surface area contributed by atoms with E-state index in [0.29, 0.717) is 5.92 Å². The maximum Gasteiger partial charge on any atom is 0.511 e. The molecule has 1 fully saturated rings. The van der Waals surface area contributed by atoms with Crippen LogP contribution in [-0.4, -0.2) is 16.4 Å². The molecule has 0 saturated heterocycles. The van der Waals surface area contributed by atoms with Crippen LogP contribution < -0.4 is 4.74 Å². The van der Waals surface area contributed by atoms with Crippen LogP contribution in [0.5, 0.6) is 11.5 Å². The van der Waals surface area contributed by atoms with Crippen LogP contribution in [0.2, 0.25) is 0 Å². The van der Waals surface area contributed by atoms with Crippen molar-refractivity contribution in [2.24, 2.45) is 0 Å². The van der Waals surface area contributed by atoms with Crippen molar-refractivity contribution in [3.05, 3.63) is 22.8 Å². The molecule has 1 aliphatic rings. The van der Waals surface area contributed by atoms with Crippen LogP contribution in [0.3, 0.4) is 0 Å². The van der Waals surface area contributed by atoms with E-state index in [2.05, 4.69) is 6.07 Å². The Balaban J connectivity index is 2.62. The second-order valence-electron chi connectivity index (χ2n) is 7.16. The average Bonchev–Trinajstić information content (AvgIpc) is 2.48. The van der Waals surface area contributed by atoms with Crippen molar-refractivity contribution in [2.75, 3.05) is 0 Å². The third-order valence-electron chi connectivity index (χ3n) is 4.79.